The third-order valence-corrected chi connectivity index (χ3v) is 4.28. The highest BCUT2D eigenvalue weighted by Gasteiger charge is 2.15. The lowest BCUT2D eigenvalue weighted by Crippen LogP contribution is -2.11. The molecule has 0 saturated carbocycles. The van der Waals surface area contributed by atoms with Gasteiger partial charge in [0.1, 0.15) is 23.5 Å². The summed E-state index contributed by atoms with van der Waals surface area (Å²) < 4.78 is 33.0. The van der Waals surface area contributed by atoms with Crippen molar-refractivity contribution in [3.63, 3.8) is 0 Å². The molecule has 0 saturated heterocycles. The Labute approximate surface area is 154 Å². The van der Waals surface area contributed by atoms with Crippen molar-refractivity contribution in [2.45, 2.75) is 53.4 Å². The third kappa shape index (κ3) is 6.11. The predicted molar refractivity (Wildman–Crippen MR) is 97.6 cm³/mol. The summed E-state index contributed by atoms with van der Waals surface area (Å²) in [5, 5.41) is 8.70. The minimum atomic E-state index is -0.889. The number of hydrogen-bond donors (Lipinski definition) is 0. The largest absolute Gasteiger partial charge is 0.423 e. The lowest BCUT2D eigenvalue weighted by molar-refractivity contribution is -0.130. The Morgan fingerprint density at radius 3 is 2.62 bits per heavy atom. The number of allylic oxidation sites excluding steroid dienone is 3. The highest BCUT2D eigenvalue weighted by molar-refractivity contribution is 5.90. The fourth-order valence-corrected chi connectivity index (χ4v) is 2.49. The van der Waals surface area contributed by atoms with Gasteiger partial charge in [-0.15, -0.1) is 0 Å². The standard InChI is InChI=1S/C21H25F2NO2/c1-5-7-8-14(3)16(6-2)11-19(22)15(4)21(25)26-18-10-9-17(13-24)20(23)12-18/h9-12,14H,5-8H2,1-4H3/b16-11+,19-15-. The van der Waals surface area contributed by atoms with E-state index in [9.17, 15) is 13.6 Å². The van der Waals surface area contributed by atoms with E-state index in [1.54, 1.807) is 6.07 Å². The van der Waals surface area contributed by atoms with E-state index in [0.29, 0.717) is 6.42 Å². The molecule has 0 aliphatic heterocycles. The summed E-state index contributed by atoms with van der Waals surface area (Å²) in [4.78, 5) is 12.1. The van der Waals surface area contributed by atoms with Crippen LogP contribution >= 0.6 is 0 Å². The molecule has 0 N–H and O–H groups in total. The minimum absolute atomic E-state index is 0.0744. The molecule has 0 bridgehead atoms. The van der Waals surface area contributed by atoms with Gasteiger partial charge in [-0.2, -0.15) is 5.26 Å². The molecule has 0 aliphatic rings. The Bertz CT molecular complexity index is 745. The molecule has 5 heteroatoms. The monoisotopic (exact) mass is 361 g/mol. The number of nitrogens with zero attached hydrogens (tertiary/aromatic N) is 1. The SMILES string of the molecule is CCCCC(C)/C(=C/C(F)=C(\C)C(=O)Oc1ccc(C#N)c(F)c1)CC. The number of nitriles is 1. The molecule has 0 radical (unpaired) electrons. The van der Waals surface area contributed by atoms with E-state index in [0.717, 1.165) is 30.9 Å². The Kier molecular flexibility index (Phi) is 8.71. The molecule has 0 heterocycles. The minimum Gasteiger partial charge on any atom is -0.423 e. The van der Waals surface area contributed by atoms with Crippen molar-refractivity contribution >= 4 is 5.97 Å². The van der Waals surface area contributed by atoms with Gasteiger partial charge < -0.3 is 4.74 Å². The Morgan fingerprint density at radius 2 is 2.08 bits per heavy atom. The maximum Gasteiger partial charge on any atom is 0.342 e. The fraction of sp³-hybridized carbons (Fsp3) is 0.429. The number of esters is 1. The second-order valence-electron chi connectivity index (χ2n) is 6.23. The average Bonchev–Trinajstić information content (AvgIpc) is 2.63. The van der Waals surface area contributed by atoms with Gasteiger partial charge in [0.2, 0.25) is 0 Å². The second kappa shape index (κ2) is 10.5. The number of carbonyl (C=O) groups is 1. The summed E-state index contributed by atoms with van der Waals surface area (Å²) in [6, 6.07) is 5.11. The van der Waals surface area contributed by atoms with Crippen molar-refractivity contribution in [1.29, 1.82) is 5.26 Å². The second-order valence-corrected chi connectivity index (χ2v) is 6.23. The third-order valence-electron chi connectivity index (χ3n) is 4.28. The van der Waals surface area contributed by atoms with Crippen LogP contribution in [0.4, 0.5) is 8.78 Å². The number of benzene rings is 1. The molecule has 1 atom stereocenters. The molecule has 0 aliphatic carbocycles. The van der Waals surface area contributed by atoms with Gasteiger partial charge in [0.15, 0.2) is 0 Å². The van der Waals surface area contributed by atoms with Crippen molar-refractivity contribution in [3.05, 3.63) is 52.6 Å². The van der Waals surface area contributed by atoms with Crippen LogP contribution in [-0.4, -0.2) is 5.97 Å². The van der Waals surface area contributed by atoms with Crippen LogP contribution in [0.2, 0.25) is 0 Å². The number of unbranched alkanes of at least 4 members (excludes halogenated alkanes) is 1. The number of halogens is 2. The zero-order valence-electron chi connectivity index (χ0n) is 15.7. The molecule has 1 aromatic rings. The van der Waals surface area contributed by atoms with Gasteiger partial charge in [-0.1, -0.05) is 39.2 Å². The molecule has 3 nitrogen and oxygen atoms in total. The van der Waals surface area contributed by atoms with Crippen molar-refractivity contribution in [1.82, 2.24) is 0 Å². The van der Waals surface area contributed by atoms with Gasteiger partial charge in [0.05, 0.1) is 11.1 Å². The lowest BCUT2D eigenvalue weighted by Gasteiger charge is -2.14. The summed E-state index contributed by atoms with van der Waals surface area (Å²) in [6.45, 7) is 7.44. The van der Waals surface area contributed by atoms with E-state index in [1.807, 2.05) is 13.8 Å². The summed E-state index contributed by atoms with van der Waals surface area (Å²) >= 11 is 0. The summed E-state index contributed by atoms with van der Waals surface area (Å²) in [5.74, 6) is -2.17. The van der Waals surface area contributed by atoms with Crippen LogP contribution in [-0.2, 0) is 4.79 Å². The van der Waals surface area contributed by atoms with Crippen LogP contribution in [0.15, 0.2) is 41.2 Å². The van der Waals surface area contributed by atoms with E-state index in [1.165, 1.54) is 25.1 Å². The van der Waals surface area contributed by atoms with Crippen LogP contribution in [0.5, 0.6) is 5.75 Å². The lowest BCUT2D eigenvalue weighted by atomic mass is 9.92. The number of rotatable bonds is 8. The maximum absolute atomic E-state index is 14.5. The first-order chi connectivity index (χ1) is 12.3. The predicted octanol–water partition coefficient (Wildman–Crippen LogP) is 6.01. The normalized spacial score (nSPS) is 13.7. The topological polar surface area (TPSA) is 50.1 Å². The molecular formula is C21H25F2NO2. The first kappa shape index (κ1) is 21.6. The molecular weight excluding hydrogens is 336 g/mol. The highest BCUT2D eigenvalue weighted by Crippen LogP contribution is 2.24. The molecule has 140 valence electrons. The molecule has 1 unspecified atom stereocenters. The Hall–Kier alpha value is -2.48. The number of ether oxygens (including phenoxy) is 1. The Balaban J connectivity index is 2.94. The van der Waals surface area contributed by atoms with Crippen molar-refractivity contribution in [2.24, 2.45) is 5.92 Å². The summed E-state index contributed by atoms with van der Waals surface area (Å²) in [6.07, 6.45) is 5.20. The molecule has 26 heavy (non-hydrogen) atoms. The highest BCUT2D eigenvalue weighted by atomic mass is 19.1. The fourth-order valence-electron chi connectivity index (χ4n) is 2.49. The van der Waals surface area contributed by atoms with Crippen LogP contribution in [0.1, 0.15) is 58.9 Å². The average molecular weight is 361 g/mol. The van der Waals surface area contributed by atoms with Gasteiger partial charge >= 0.3 is 5.97 Å². The smallest absolute Gasteiger partial charge is 0.342 e. The van der Waals surface area contributed by atoms with E-state index in [4.69, 9.17) is 10.00 Å². The summed E-state index contributed by atoms with van der Waals surface area (Å²) in [5.41, 5.74) is 0.607. The van der Waals surface area contributed by atoms with Gasteiger partial charge in [0, 0.05) is 6.07 Å². The zero-order chi connectivity index (χ0) is 19.7. The molecule has 0 amide bonds. The van der Waals surface area contributed by atoms with Crippen LogP contribution in [0.25, 0.3) is 0 Å². The van der Waals surface area contributed by atoms with E-state index in [-0.39, 0.29) is 22.8 Å². The van der Waals surface area contributed by atoms with Crippen LogP contribution in [0.3, 0.4) is 0 Å². The molecule has 1 aromatic carbocycles. The van der Waals surface area contributed by atoms with Crippen molar-refractivity contribution in [3.8, 4) is 11.8 Å². The molecule has 0 spiro atoms. The van der Waals surface area contributed by atoms with Gasteiger partial charge in [-0.25, -0.2) is 13.6 Å². The van der Waals surface area contributed by atoms with Gasteiger partial charge in [-0.3, -0.25) is 0 Å². The van der Waals surface area contributed by atoms with Crippen LogP contribution in [0, 0.1) is 23.1 Å². The molecule has 0 aromatic heterocycles. The van der Waals surface area contributed by atoms with Gasteiger partial charge in [0.25, 0.3) is 0 Å². The quantitative estimate of drug-likeness (QED) is 0.247. The van der Waals surface area contributed by atoms with Gasteiger partial charge in [-0.05, 0) is 43.9 Å². The van der Waals surface area contributed by atoms with E-state index < -0.39 is 17.6 Å². The van der Waals surface area contributed by atoms with Crippen molar-refractivity contribution in [2.75, 3.05) is 0 Å². The molecule has 0 fully saturated rings. The number of carbonyl (C=O) groups excluding carboxylic acids is 1. The first-order valence-electron chi connectivity index (χ1n) is 8.82. The van der Waals surface area contributed by atoms with Crippen LogP contribution < -0.4 is 4.74 Å². The van der Waals surface area contributed by atoms with Crippen molar-refractivity contribution < 1.29 is 18.3 Å². The molecule has 1 rings (SSSR count). The van der Waals surface area contributed by atoms with E-state index in [2.05, 4.69) is 6.92 Å². The maximum atomic E-state index is 14.5. The first-order valence-corrected chi connectivity index (χ1v) is 8.82. The van der Waals surface area contributed by atoms with E-state index >= 15 is 0 Å². The zero-order valence-corrected chi connectivity index (χ0v) is 15.7. The number of hydrogen-bond acceptors (Lipinski definition) is 3. The Morgan fingerprint density at radius 1 is 1.38 bits per heavy atom. The summed E-state index contributed by atoms with van der Waals surface area (Å²) in [7, 11) is 0.